The summed E-state index contributed by atoms with van der Waals surface area (Å²) < 4.78 is 0. The molecule has 0 aliphatic heterocycles. The Morgan fingerprint density at radius 1 is 1.44 bits per heavy atom. The smallest absolute Gasteiger partial charge is 0.0367 e. The maximum Gasteiger partial charge on any atom is 0.0367 e. The predicted molar refractivity (Wildman–Crippen MR) is 41.9 cm³/mol. The van der Waals surface area contributed by atoms with Gasteiger partial charge in [0.05, 0.1) is 0 Å². The van der Waals surface area contributed by atoms with Gasteiger partial charge in [0.15, 0.2) is 0 Å². The third-order valence-electron chi connectivity index (χ3n) is 1.19. The molecule has 0 aromatic rings. The van der Waals surface area contributed by atoms with Crippen LogP contribution < -0.4 is 5.73 Å². The van der Waals surface area contributed by atoms with Gasteiger partial charge in [0.1, 0.15) is 0 Å². The van der Waals surface area contributed by atoms with Crippen LogP contribution in [0.4, 0.5) is 0 Å². The minimum atomic E-state index is 0.741. The van der Waals surface area contributed by atoms with E-state index in [0.717, 1.165) is 16.8 Å². The van der Waals surface area contributed by atoms with Gasteiger partial charge in [-0.3, -0.25) is 0 Å². The molecule has 50 valence electrons. The van der Waals surface area contributed by atoms with Gasteiger partial charge in [0, 0.05) is 5.70 Å². The normalized spacial score (nSPS) is 12.2. The molecule has 0 heterocycles. The fourth-order valence-electron chi connectivity index (χ4n) is 0.447. The Kier molecular flexibility index (Phi) is 2.79. The van der Waals surface area contributed by atoms with Crippen molar-refractivity contribution in [3.05, 3.63) is 36.1 Å². The van der Waals surface area contributed by atoms with Crippen LogP contribution in [0.1, 0.15) is 13.8 Å². The predicted octanol–water partition coefficient (Wildman–Crippen LogP) is 1.98. The maximum atomic E-state index is 5.58. The zero-order chi connectivity index (χ0) is 7.44. The zero-order valence-corrected chi connectivity index (χ0v) is 6.07. The van der Waals surface area contributed by atoms with Crippen LogP contribution in [0.5, 0.6) is 0 Å². The minimum Gasteiger partial charge on any atom is -0.398 e. The lowest BCUT2D eigenvalue weighted by atomic mass is 10.1. The third-order valence-corrected chi connectivity index (χ3v) is 1.19. The lowest BCUT2D eigenvalue weighted by Crippen LogP contribution is -1.99. The molecule has 1 nitrogen and oxygen atoms in total. The van der Waals surface area contributed by atoms with Crippen LogP contribution in [0.15, 0.2) is 36.1 Å². The van der Waals surface area contributed by atoms with Crippen molar-refractivity contribution < 1.29 is 0 Å². The summed E-state index contributed by atoms with van der Waals surface area (Å²) >= 11 is 0. The summed E-state index contributed by atoms with van der Waals surface area (Å²) in [4.78, 5) is 0. The van der Waals surface area contributed by atoms with Crippen molar-refractivity contribution in [1.82, 2.24) is 0 Å². The Hall–Kier alpha value is -0.980. The zero-order valence-electron chi connectivity index (χ0n) is 6.07. The largest absolute Gasteiger partial charge is 0.398 e. The van der Waals surface area contributed by atoms with Crippen molar-refractivity contribution in [2.24, 2.45) is 5.73 Å². The van der Waals surface area contributed by atoms with Crippen molar-refractivity contribution in [2.75, 3.05) is 0 Å². The molecule has 0 saturated heterocycles. The number of hydrogen-bond donors (Lipinski definition) is 1. The summed E-state index contributed by atoms with van der Waals surface area (Å²) in [5.41, 5.74) is 8.20. The average molecular weight is 123 g/mol. The summed E-state index contributed by atoms with van der Waals surface area (Å²) in [6.07, 6.45) is 1.73. The molecular weight excluding hydrogens is 110 g/mol. The highest BCUT2D eigenvalue weighted by Gasteiger charge is 1.91. The molecule has 0 aromatic carbocycles. The van der Waals surface area contributed by atoms with Crippen LogP contribution in [0.25, 0.3) is 0 Å². The Morgan fingerprint density at radius 2 is 1.89 bits per heavy atom. The van der Waals surface area contributed by atoms with E-state index in [2.05, 4.69) is 13.2 Å². The van der Waals surface area contributed by atoms with Crippen LogP contribution >= 0.6 is 0 Å². The third kappa shape index (κ3) is 2.17. The van der Waals surface area contributed by atoms with Gasteiger partial charge >= 0.3 is 0 Å². The second-order valence-corrected chi connectivity index (χ2v) is 2.08. The quantitative estimate of drug-likeness (QED) is 0.558. The van der Waals surface area contributed by atoms with E-state index in [9.17, 15) is 0 Å². The van der Waals surface area contributed by atoms with E-state index < -0.39 is 0 Å². The number of rotatable bonds is 2. The molecule has 0 fully saturated rings. The van der Waals surface area contributed by atoms with Gasteiger partial charge in [0.25, 0.3) is 0 Å². The van der Waals surface area contributed by atoms with Crippen molar-refractivity contribution >= 4 is 0 Å². The Morgan fingerprint density at radius 3 is 2.00 bits per heavy atom. The number of allylic oxidation sites excluding steroid dienone is 3. The maximum absolute atomic E-state index is 5.58. The summed E-state index contributed by atoms with van der Waals surface area (Å²) in [6, 6.07) is 0. The fourth-order valence-corrected chi connectivity index (χ4v) is 0.447. The first-order valence-electron chi connectivity index (χ1n) is 2.84. The van der Waals surface area contributed by atoms with E-state index in [-0.39, 0.29) is 0 Å². The standard InChI is InChI=1S/C8H13N/c1-5-7(4)8(9)6(2)3/h5H,1-2,9H2,3-4H3/b8-7+. The van der Waals surface area contributed by atoms with Gasteiger partial charge in [-0.15, -0.1) is 0 Å². The fraction of sp³-hybridized carbons (Fsp3) is 0.250. The molecule has 0 unspecified atom stereocenters. The molecule has 0 aliphatic carbocycles. The summed E-state index contributed by atoms with van der Waals surface area (Å²) in [5.74, 6) is 0. The van der Waals surface area contributed by atoms with Crippen LogP contribution in [0, 0.1) is 0 Å². The summed E-state index contributed by atoms with van der Waals surface area (Å²) in [6.45, 7) is 11.1. The molecule has 0 rings (SSSR count). The van der Waals surface area contributed by atoms with Crippen molar-refractivity contribution in [3.63, 3.8) is 0 Å². The second kappa shape index (κ2) is 3.13. The molecule has 0 atom stereocenters. The van der Waals surface area contributed by atoms with Crippen LogP contribution in [-0.2, 0) is 0 Å². The molecule has 0 radical (unpaired) electrons. The van der Waals surface area contributed by atoms with Gasteiger partial charge in [0.2, 0.25) is 0 Å². The highest BCUT2D eigenvalue weighted by Crippen LogP contribution is 2.05. The monoisotopic (exact) mass is 123 g/mol. The van der Waals surface area contributed by atoms with E-state index in [0.29, 0.717) is 0 Å². The first-order valence-corrected chi connectivity index (χ1v) is 2.84. The highest BCUT2D eigenvalue weighted by atomic mass is 14.6. The van der Waals surface area contributed by atoms with E-state index in [4.69, 9.17) is 5.73 Å². The molecule has 9 heavy (non-hydrogen) atoms. The van der Waals surface area contributed by atoms with Gasteiger partial charge in [-0.2, -0.15) is 0 Å². The SMILES string of the molecule is C=C/C(C)=C(/N)C(=C)C. The Balaban J connectivity index is 4.47. The molecule has 0 aliphatic rings. The van der Waals surface area contributed by atoms with Gasteiger partial charge in [-0.05, 0) is 25.0 Å². The second-order valence-electron chi connectivity index (χ2n) is 2.08. The molecular formula is C8H13N. The van der Waals surface area contributed by atoms with Crippen LogP contribution in [-0.4, -0.2) is 0 Å². The Labute approximate surface area is 56.6 Å². The van der Waals surface area contributed by atoms with E-state index >= 15 is 0 Å². The lowest BCUT2D eigenvalue weighted by Gasteiger charge is -2.00. The van der Waals surface area contributed by atoms with Crippen molar-refractivity contribution in [3.8, 4) is 0 Å². The van der Waals surface area contributed by atoms with Crippen molar-refractivity contribution in [2.45, 2.75) is 13.8 Å². The lowest BCUT2D eigenvalue weighted by molar-refractivity contribution is 1.24. The topological polar surface area (TPSA) is 26.0 Å². The van der Waals surface area contributed by atoms with Gasteiger partial charge < -0.3 is 5.73 Å². The highest BCUT2D eigenvalue weighted by molar-refractivity contribution is 5.32. The first kappa shape index (κ1) is 8.02. The molecule has 0 saturated carbocycles. The van der Waals surface area contributed by atoms with Gasteiger partial charge in [-0.25, -0.2) is 0 Å². The van der Waals surface area contributed by atoms with Crippen molar-refractivity contribution in [1.29, 1.82) is 0 Å². The number of nitrogens with two attached hydrogens (primary N) is 1. The number of hydrogen-bond acceptors (Lipinski definition) is 1. The van der Waals surface area contributed by atoms with E-state index in [1.165, 1.54) is 0 Å². The van der Waals surface area contributed by atoms with E-state index in [1.807, 2.05) is 13.8 Å². The molecule has 1 heteroatoms. The first-order chi connectivity index (χ1) is 4.09. The molecule has 0 bridgehead atoms. The Bertz CT molecular complexity index is 163. The molecule has 0 aromatic heterocycles. The van der Waals surface area contributed by atoms with Crippen LogP contribution in [0.3, 0.4) is 0 Å². The van der Waals surface area contributed by atoms with E-state index in [1.54, 1.807) is 6.08 Å². The summed E-state index contributed by atoms with van der Waals surface area (Å²) in [5, 5.41) is 0. The average Bonchev–Trinajstić information content (AvgIpc) is 1.84. The molecule has 2 N–H and O–H groups in total. The molecule has 0 spiro atoms. The minimum absolute atomic E-state index is 0.741. The summed E-state index contributed by atoms with van der Waals surface area (Å²) in [7, 11) is 0. The van der Waals surface area contributed by atoms with Gasteiger partial charge in [-0.1, -0.05) is 19.2 Å². The molecule has 0 amide bonds. The van der Waals surface area contributed by atoms with Crippen LogP contribution in [0.2, 0.25) is 0 Å².